The van der Waals surface area contributed by atoms with Gasteiger partial charge in [0, 0.05) is 47.6 Å². The topological polar surface area (TPSA) is 65.0 Å². The van der Waals surface area contributed by atoms with E-state index in [0.717, 1.165) is 50.0 Å². The van der Waals surface area contributed by atoms with Crippen molar-refractivity contribution in [2.75, 3.05) is 0 Å². The second kappa shape index (κ2) is 13.0. The van der Waals surface area contributed by atoms with Crippen molar-refractivity contribution in [1.29, 1.82) is 0 Å². The molecule has 1 radical (unpaired) electrons. The summed E-state index contributed by atoms with van der Waals surface area (Å²) >= 11 is 0. The number of hydrogen-bond acceptors (Lipinski definition) is 5. The maximum absolute atomic E-state index is 7.23. The largest absolute Gasteiger partial charge is 0.497 e. The van der Waals surface area contributed by atoms with Gasteiger partial charge in [0.2, 0.25) is 5.89 Å². The second-order valence-electron chi connectivity index (χ2n) is 10.7. The number of pyridine rings is 2. The minimum absolute atomic E-state index is 0. The first kappa shape index (κ1) is 26.5. The summed E-state index contributed by atoms with van der Waals surface area (Å²) in [5.41, 5.74) is 8.61. The summed E-state index contributed by atoms with van der Waals surface area (Å²) in [6.45, 7) is 2.26. The maximum atomic E-state index is 7.23. The van der Waals surface area contributed by atoms with E-state index in [-0.39, 0.29) is 25.7 Å². The van der Waals surface area contributed by atoms with Crippen LogP contribution in [-0.4, -0.2) is 15.0 Å². The first-order valence-electron chi connectivity index (χ1n) is 15.9. The molecular formula is C39H29IrN3O2-2. The molecule has 0 saturated heterocycles. The molecule has 0 unspecified atom stereocenters. The molecule has 8 rings (SSSR count). The van der Waals surface area contributed by atoms with E-state index in [1.807, 2.05) is 79.0 Å². The number of furan rings is 1. The van der Waals surface area contributed by atoms with Crippen LogP contribution in [0.5, 0.6) is 0 Å². The Morgan fingerprint density at radius 2 is 1.58 bits per heavy atom. The van der Waals surface area contributed by atoms with Crippen molar-refractivity contribution in [3.63, 3.8) is 0 Å². The molecular weight excluding hydrogens is 735 g/mol. The molecule has 0 fully saturated rings. The van der Waals surface area contributed by atoms with Crippen LogP contribution >= 0.6 is 0 Å². The molecule has 0 N–H and O–H groups in total. The van der Waals surface area contributed by atoms with Gasteiger partial charge in [-0.05, 0) is 60.1 Å². The number of benzene rings is 4. The molecule has 0 amide bonds. The molecule has 0 bridgehead atoms. The van der Waals surface area contributed by atoms with Crippen LogP contribution < -0.4 is 0 Å². The number of rotatable bonds is 4. The third-order valence-electron chi connectivity index (χ3n) is 7.43. The summed E-state index contributed by atoms with van der Waals surface area (Å²) in [6, 6.07) is 39.1. The van der Waals surface area contributed by atoms with Crippen molar-refractivity contribution >= 4 is 33.0 Å². The van der Waals surface area contributed by atoms with Gasteiger partial charge < -0.3 is 18.8 Å². The van der Waals surface area contributed by atoms with E-state index >= 15 is 0 Å². The van der Waals surface area contributed by atoms with E-state index in [1.54, 1.807) is 18.2 Å². The minimum Gasteiger partial charge on any atom is -0.497 e. The van der Waals surface area contributed by atoms with Crippen molar-refractivity contribution in [3.05, 3.63) is 139 Å². The van der Waals surface area contributed by atoms with Crippen molar-refractivity contribution in [1.82, 2.24) is 15.0 Å². The molecule has 223 valence electrons. The zero-order valence-electron chi connectivity index (χ0n) is 27.5. The Morgan fingerprint density at radius 3 is 2.33 bits per heavy atom. The van der Waals surface area contributed by atoms with E-state index in [0.29, 0.717) is 23.0 Å². The van der Waals surface area contributed by atoms with E-state index < -0.39 is 6.85 Å². The van der Waals surface area contributed by atoms with E-state index in [9.17, 15) is 0 Å². The molecule has 0 aliphatic rings. The van der Waals surface area contributed by atoms with E-state index in [1.165, 1.54) is 11.8 Å². The van der Waals surface area contributed by atoms with Crippen LogP contribution in [0.2, 0.25) is 0 Å². The number of aromatic nitrogens is 3. The van der Waals surface area contributed by atoms with E-state index in [4.69, 9.17) is 12.9 Å². The van der Waals surface area contributed by atoms with Crippen LogP contribution in [-0.2, 0) is 20.1 Å². The smallest absolute Gasteiger partial charge is 0.227 e. The van der Waals surface area contributed by atoms with Crippen LogP contribution in [0.1, 0.15) is 35.0 Å². The number of nitrogens with zero attached hydrogens (tertiary/aromatic N) is 3. The molecule has 8 aromatic rings. The average molecular weight is 767 g/mol. The molecule has 0 spiro atoms. The zero-order chi connectivity index (χ0) is 32.5. The van der Waals surface area contributed by atoms with Gasteiger partial charge in [0.1, 0.15) is 5.52 Å². The molecule has 0 saturated carbocycles. The fraction of sp³-hybridized carbons (Fsp3) is 0.103. The van der Waals surface area contributed by atoms with E-state index in [2.05, 4.69) is 53.1 Å². The van der Waals surface area contributed by atoms with Gasteiger partial charge in [-0.15, -0.1) is 54.1 Å². The standard InChI is InChI=1S/C27H19N2O2.C12H10N.Ir/c1-16(2)18-13-14-28-23(15-18)21-10-6-9-19-20-11-12-22-26(25(20)30-24(19)21)31-27(29-22)17-7-4-3-5-8-17;1-10-7-8-12(13-9-10)11-5-3-2-4-6-11;/h3-9,11-16H,1-2H3;2-5,7-9H,1H3;/q2*-1;/i;1D3;. The quantitative estimate of drug-likeness (QED) is 0.167. The first-order valence-corrected chi connectivity index (χ1v) is 14.4. The van der Waals surface area contributed by atoms with Crippen LogP contribution in [0, 0.1) is 19.0 Å². The summed E-state index contributed by atoms with van der Waals surface area (Å²) in [5.74, 6) is 1.00. The van der Waals surface area contributed by atoms with Crippen LogP contribution in [0.15, 0.2) is 124 Å². The molecule has 45 heavy (non-hydrogen) atoms. The van der Waals surface area contributed by atoms with Crippen LogP contribution in [0.25, 0.3) is 67.0 Å². The first-order chi connectivity index (χ1) is 22.8. The van der Waals surface area contributed by atoms with Crippen molar-refractivity contribution in [3.8, 4) is 34.0 Å². The molecule has 4 heterocycles. The van der Waals surface area contributed by atoms with Crippen LogP contribution in [0.3, 0.4) is 0 Å². The Bertz CT molecular complexity index is 2320. The van der Waals surface area contributed by atoms with Crippen molar-refractivity contribution in [2.45, 2.75) is 26.6 Å². The van der Waals surface area contributed by atoms with Gasteiger partial charge in [-0.2, -0.15) is 0 Å². The van der Waals surface area contributed by atoms with Gasteiger partial charge in [-0.3, -0.25) is 0 Å². The second-order valence-corrected chi connectivity index (χ2v) is 10.7. The maximum Gasteiger partial charge on any atom is 0.227 e. The summed E-state index contributed by atoms with van der Waals surface area (Å²) < 4.78 is 34.3. The predicted molar refractivity (Wildman–Crippen MR) is 176 cm³/mol. The zero-order valence-corrected chi connectivity index (χ0v) is 26.9. The average Bonchev–Trinajstić information content (AvgIpc) is 3.71. The fourth-order valence-electron chi connectivity index (χ4n) is 5.13. The monoisotopic (exact) mass is 767 g/mol. The van der Waals surface area contributed by atoms with Gasteiger partial charge in [0.25, 0.3) is 0 Å². The summed E-state index contributed by atoms with van der Waals surface area (Å²) in [4.78, 5) is 13.4. The normalized spacial score (nSPS) is 12.3. The van der Waals surface area contributed by atoms with Crippen molar-refractivity contribution in [2.24, 2.45) is 0 Å². The molecule has 4 aromatic heterocycles. The fourth-order valence-corrected chi connectivity index (χ4v) is 5.13. The summed E-state index contributed by atoms with van der Waals surface area (Å²) in [7, 11) is 0. The van der Waals surface area contributed by atoms with Gasteiger partial charge in [-0.25, -0.2) is 4.98 Å². The number of fused-ring (bicyclic) bond motifs is 5. The third-order valence-corrected chi connectivity index (χ3v) is 7.43. The van der Waals surface area contributed by atoms with Gasteiger partial charge >= 0.3 is 0 Å². The molecule has 5 nitrogen and oxygen atoms in total. The number of oxazole rings is 1. The Labute approximate surface area is 279 Å². The Balaban J connectivity index is 0.000000201. The third kappa shape index (κ3) is 6.08. The Morgan fingerprint density at radius 1 is 0.733 bits per heavy atom. The number of aryl methyl sites for hydroxylation is 1. The summed E-state index contributed by atoms with van der Waals surface area (Å²) in [5, 5.41) is 2.01. The summed E-state index contributed by atoms with van der Waals surface area (Å²) in [6.07, 6.45) is 3.24. The van der Waals surface area contributed by atoms with Gasteiger partial charge in [0.05, 0.1) is 5.58 Å². The molecule has 4 aromatic carbocycles. The van der Waals surface area contributed by atoms with Gasteiger partial charge in [0.15, 0.2) is 11.2 Å². The molecule has 6 heteroatoms. The van der Waals surface area contributed by atoms with Crippen molar-refractivity contribution < 1.29 is 33.1 Å². The molecule has 0 aliphatic carbocycles. The Hall–Kier alpha value is -4.90. The SMILES string of the molecule is CC(C)c1ccnc(-c2[c-]ccc3c2oc2c3ccc3nc(-c4ccccc4)oc32)c1.[2H]C([2H])([2H])c1ccc(-c2[c-]cccc2)nc1.[Ir]. The predicted octanol–water partition coefficient (Wildman–Crippen LogP) is 10.2. The Kier molecular flexibility index (Phi) is 7.65. The van der Waals surface area contributed by atoms with Crippen LogP contribution in [0.4, 0.5) is 0 Å². The number of hydrogen-bond donors (Lipinski definition) is 0. The molecule has 0 atom stereocenters. The minimum atomic E-state index is -2.09. The van der Waals surface area contributed by atoms with Gasteiger partial charge in [-0.1, -0.05) is 66.8 Å². The molecule has 0 aliphatic heterocycles.